The van der Waals surface area contributed by atoms with Gasteiger partial charge in [-0.25, -0.2) is 13.2 Å². The Hall–Kier alpha value is -1.52. The maximum Gasteiger partial charge on any atom is 0.315 e. The van der Waals surface area contributed by atoms with Crippen LogP contribution >= 0.6 is 0 Å². The predicted octanol–water partition coefficient (Wildman–Crippen LogP) is 3.40. The Balaban J connectivity index is 3.01. The largest absolute Gasteiger partial charge is 0.465 e. The molecular weight excluding hydrogens is 257 g/mol. The van der Waals surface area contributed by atoms with Crippen molar-refractivity contribution in [1.29, 1.82) is 0 Å². The Labute approximate surface area is 110 Å². The zero-order valence-electron chi connectivity index (χ0n) is 10.9. The van der Waals surface area contributed by atoms with Crippen LogP contribution in [0.25, 0.3) is 0 Å². The summed E-state index contributed by atoms with van der Waals surface area (Å²) in [6, 6.07) is 8.49. The summed E-state index contributed by atoms with van der Waals surface area (Å²) in [5.41, 5.74) is -1.27. The SMILES string of the molecule is CCOC(=O)C(C)(Cc1ccccc1)C(F)C(F)F. The highest BCUT2D eigenvalue weighted by Gasteiger charge is 2.48. The molecular formula is C14H17F3O2. The van der Waals surface area contributed by atoms with Crippen LogP contribution in [-0.2, 0) is 16.0 Å². The highest BCUT2D eigenvalue weighted by atomic mass is 19.3. The minimum atomic E-state index is -3.22. The second-order valence-electron chi connectivity index (χ2n) is 4.54. The fourth-order valence-corrected chi connectivity index (χ4v) is 1.88. The van der Waals surface area contributed by atoms with Crippen molar-refractivity contribution in [3.05, 3.63) is 35.9 Å². The van der Waals surface area contributed by atoms with Gasteiger partial charge >= 0.3 is 5.97 Å². The van der Waals surface area contributed by atoms with Crippen molar-refractivity contribution in [3.63, 3.8) is 0 Å². The van der Waals surface area contributed by atoms with E-state index in [9.17, 15) is 18.0 Å². The number of hydrogen-bond donors (Lipinski definition) is 0. The van der Waals surface area contributed by atoms with Crippen molar-refractivity contribution in [1.82, 2.24) is 0 Å². The van der Waals surface area contributed by atoms with Crippen molar-refractivity contribution >= 4 is 5.97 Å². The standard InChI is InChI=1S/C14H17F3O2/c1-3-19-13(18)14(2,11(15)12(16)17)9-10-7-5-4-6-8-10/h4-8,11-12H,3,9H2,1-2H3. The molecule has 2 unspecified atom stereocenters. The van der Waals surface area contributed by atoms with E-state index in [0.717, 1.165) is 0 Å². The van der Waals surface area contributed by atoms with Gasteiger partial charge in [0, 0.05) is 0 Å². The van der Waals surface area contributed by atoms with Crippen molar-refractivity contribution in [2.45, 2.75) is 32.9 Å². The van der Waals surface area contributed by atoms with Crippen LogP contribution in [0.15, 0.2) is 30.3 Å². The van der Waals surface area contributed by atoms with Gasteiger partial charge in [0.25, 0.3) is 6.43 Å². The van der Waals surface area contributed by atoms with Gasteiger partial charge in [-0.3, -0.25) is 4.79 Å². The lowest BCUT2D eigenvalue weighted by molar-refractivity contribution is -0.163. The average Bonchev–Trinajstić information content (AvgIpc) is 2.39. The zero-order valence-corrected chi connectivity index (χ0v) is 10.9. The smallest absolute Gasteiger partial charge is 0.315 e. The molecule has 0 amide bonds. The molecule has 0 saturated heterocycles. The molecule has 0 heterocycles. The summed E-state index contributed by atoms with van der Waals surface area (Å²) in [6.07, 6.45) is -5.91. The molecule has 0 aromatic heterocycles. The Bertz CT molecular complexity index is 408. The van der Waals surface area contributed by atoms with Crippen LogP contribution in [0.5, 0.6) is 0 Å². The predicted molar refractivity (Wildman–Crippen MR) is 65.8 cm³/mol. The number of halogens is 3. The number of benzene rings is 1. The second-order valence-corrected chi connectivity index (χ2v) is 4.54. The molecule has 1 aromatic rings. The monoisotopic (exact) mass is 274 g/mol. The van der Waals surface area contributed by atoms with Gasteiger partial charge in [-0.15, -0.1) is 0 Å². The van der Waals surface area contributed by atoms with E-state index >= 15 is 0 Å². The van der Waals surface area contributed by atoms with Gasteiger partial charge in [-0.1, -0.05) is 30.3 Å². The summed E-state index contributed by atoms with van der Waals surface area (Å²) < 4.78 is 43.8. The normalized spacial score (nSPS) is 15.9. The summed E-state index contributed by atoms with van der Waals surface area (Å²) in [5, 5.41) is 0. The molecule has 0 radical (unpaired) electrons. The van der Waals surface area contributed by atoms with E-state index in [1.807, 2.05) is 0 Å². The molecule has 0 spiro atoms. The quantitative estimate of drug-likeness (QED) is 0.743. The summed E-state index contributed by atoms with van der Waals surface area (Å²) in [6.45, 7) is 2.75. The number of ether oxygens (including phenoxy) is 1. The lowest BCUT2D eigenvalue weighted by Gasteiger charge is -2.30. The molecule has 0 bridgehead atoms. The van der Waals surface area contributed by atoms with E-state index in [0.29, 0.717) is 5.56 Å². The van der Waals surface area contributed by atoms with E-state index in [-0.39, 0.29) is 13.0 Å². The molecule has 0 aliphatic rings. The van der Waals surface area contributed by atoms with Crippen molar-refractivity contribution in [2.24, 2.45) is 5.41 Å². The third-order valence-corrected chi connectivity index (χ3v) is 2.99. The Morgan fingerprint density at radius 3 is 2.32 bits per heavy atom. The first-order chi connectivity index (χ1) is 8.91. The minimum Gasteiger partial charge on any atom is -0.465 e. The second kappa shape index (κ2) is 6.59. The van der Waals surface area contributed by atoms with Crippen LogP contribution in [0.4, 0.5) is 13.2 Å². The van der Waals surface area contributed by atoms with Gasteiger partial charge in [0.2, 0.25) is 0 Å². The first-order valence-electron chi connectivity index (χ1n) is 6.05. The number of rotatable bonds is 6. The van der Waals surface area contributed by atoms with Gasteiger partial charge in [0.15, 0.2) is 6.17 Å². The van der Waals surface area contributed by atoms with E-state index in [2.05, 4.69) is 0 Å². The third-order valence-electron chi connectivity index (χ3n) is 2.99. The topological polar surface area (TPSA) is 26.3 Å². The molecule has 106 valence electrons. The van der Waals surface area contributed by atoms with Crippen molar-refractivity contribution in [3.8, 4) is 0 Å². The van der Waals surface area contributed by atoms with Crippen LogP contribution in [0.2, 0.25) is 0 Å². The fraction of sp³-hybridized carbons (Fsp3) is 0.500. The van der Waals surface area contributed by atoms with E-state index in [1.54, 1.807) is 37.3 Å². The lowest BCUT2D eigenvalue weighted by atomic mass is 9.79. The van der Waals surface area contributed by atoms with Gasteiger partial charge in [0.05, 0.1) is 6.61 Å². The van der Waals surface area contributed by atoms with Crippen LogP contribution < -0.4 is 0 Å². The van der Waals surface area contributed by atoms with E-state index < -0.39 is 24.0 Å². The van der Waals surface area contributed by atoms with Crippen LogP contribution in [0.3, 0.4) is 0 Å². The Kier molecular flexibility index (Phi) is 5.39. The molecule has 0 aliphatic heterocycles. The van der Waals surface area contributed by atoms with Crippen LogP contribution in [-0.4, -0.2) is 25.2 Å². The molecule has 0 N–H and O–H groups in total. The van der Waals surface area contributed by atoms with Crippen molar-refractivity contribution < 1.29 is 22.7 Å². The Morgan fingerprint density at radius 1 is 1.26 bits per heavy atom. The molecule has 2 nitrogen and oxygen atoms in total. The first-order valence-corrected chi connectivity index (χ1v) is 6.05. The molecule has 2 atom stereocenters. The number of alkyl halides is 3. The summed E-state index contributed by atoms with van der Waals surface area (Å²) in [4.78, 5) is 11.8. The highest BCUT2D eigenvalue weighted by molar-refractivity contribution is 5.77. The van der Waals surface area contributed by atoms with Gasteiger partial charge in [0.1, 0.15) is 5.41 Å². The lowest BCUT2D eigenvalue weighted by Crippen LogP contribution is -2.44. The highest BCUT2D eigenvalue weighted by Crippen LogP contribution is 2.34. The fourth-order valence-electron chi connectivity index (χ4n) is 1.88. The molecule has 19 heavy (non-hydrogen) atoms. The number of carbonyl (C=O) groups is 1. The Morgan fingerprint density at radius 2 is 1.84 bits per heavy atom. The van der Waals surface area contributed by atoms with Crippen LogP contribution in [0.1, 0.15) is 19.4 Å². The number of hydrogen-bond acceptors (Lipinski definition) is 2. The van der Waals surface area contributed by atoms with E-state index in [4.69, 9.17) is 4.74 Å². The van der Waals surface area contributed by atoms with Gasteiger partial charge < -0.3 is 4.74 Å². The van der Waals surface area contributed by atoms with Crippen LogP contribution in [0, 0.1) is 5.41 Å². The molecule has 1 rings (SSSR count). The summed E-state index contributed by atoms with van der Waals surface area (Å²) >= 11 is 0. The first kappa shape index (κ1) is 15.5. The molecule has 5 heteroatoms. The maximum atomic E-state index is 13.8. The average molecular weight is 274 g/mol. The number of esters is 1. The van der Waals surface area contributed by atoms with Crippen molar-refractivity contribution in [2.75, 3.05) is 6.61 Å². The zero-order chi connectivity index (χ0) is 14.5. The molecule has 0 fully saturated rings. The van der Waals surface area contributed by atoms with Gasteiger partial charge in [-0.2, -0.15) is 0 Å². The summed E-state index contributed by atoms with van der Waals surface area (Å²) in [5.74, 6) is -0.938. The third kappa shape index (κ3) is 3.72. The minimum absolute atomic E-state index is 0.0270. The number of carbonyl (C=O) groups excluding carboxylic acids is 1. The molecule has 0 saturated carbocycles. The molecule has 1 aromatic carbocycles. The van der Waals surface area contributed by atoms with E-state index in [1.165, 1.54) is 6.92 Å². The molecule has 0 aliphatic carbocycles. The summed E-state index contributed by atoms with van der Waals surface area (Å²) in [7, 11) is 0. The van der Waals surface area contributed by atoms with Gasteiger partial charge in [-0.05, 0) is 25.8 Å². The maximum absolute atomic E-state index is 13.8.